The lowest BCUT2D eigenvalue weighted by Crippen LogP contribution is -2.28. The van der Waals surface area contributed by atoms with Gasteiger partial charge in [0.2, 0.25) is 0 Å². The van der Waals surface area contributed by atoms with Crippen molar-refractivity contribution in [3.63, 3.8) is 0 Å². The van der Waals surface area contributed by atoms with Gasteiger partial charge in [0, 0.05) is 12.0 Å². The molecule has 0 bridgehead atoms. The third-order valence-corrected chi connectivity index (χ3v) is 3.44. The van der Waals surface area contributed by atoms with Crippen LogP contribution in [-0.2, 0) is 5.41 Å². The molecule has 0 aliphatic heterocycles. The second-order valence-corrected chi connectivity index (χ2v) is 5.40. The van der Waals surface area contributed by atoms with Gasteiger partial charge in [0.25, 0.3) is 0 Å². The van der Waals surface area contributed by atoms with Crippen molar-refractivity contribution in [2.24, 2.45) is 0 Å². The van der Waals surface area contributed by atoms with Crippen molar-refractivity contribution >= 4 is 23.2 Å². The highest BCUT2D eigenvalue weighted by molar-refractivity contribution is 6.35. The first-order valence-corrected chi connectivity index (χ1v) is 6.44. The minimum atomic E-state index is -0.0374. The molecular formula is C14H17ClN4. The molecule has 0 radical (unpaired) electrons. The predicted molar refractivity (Wildman–Crippen MR) is 79.4 cm³/mol. The second-order valence-electron chi connectivity index (χ2n) is 5.02. The molecule has 1 heterocycles. The summed E-state index contributed by atoms with van der Waals surface area (Å²) in [6.07, 6.45) is 1.40. The van der Waals surface area contributed by atoms with E-state index in [4.69, 9.17) is 17.3 Å². The van der Waals surface area contributed by atoms with Crippen molar-refractivity contribution in [2.75, 3.05) is 17.6 Å². The van der Waals surface area contributed by atoms with Crippen molar-refractivity contribution < 1.29 is 0 Å². The van der Waals surface area contributed by atoms with Crippen LogP contribution in [0.2, 0.25) is 5.02 Å². The van der Waals surface area contributed by atoms with Crippen LogP contribution in [0.5, 0.6) is 0 Å². The first-order chi connectivity index (χ1) is 9.00. The van der Waals surface area contributed by atoms with E-state index in [9.17, 15) is 0 Å². The van der Waals surface area contributed by atoms with Crippen LogP contribution in [0, 0.1) is 0 Å². The summed E-state index contributed by atoms with van der Waals surface area (Å²) < 4.78 is 0. The van der Waals surface area contributed by atoms with Gasteiger partial charge in [-0.05, 0) is 5.56 Å². The van der Waals surface area contributed by atoms with Gasteiger partial charge in [-0.25, -0.2) is 9.97 Å². The van der Waals surface area contributed by atoms with Crippen LogP contribution in [0.25, 0.3) is 0 Å². The molecule has 0 fully saturated rings. The quantitative estimate of drug-likeness (QED) is 0.901. The van der Waals surface area contributed by atoms with Crippen LogP contribution in [0.4, 0.5) is 11.6 Å². The number of nitrogens with two attached hydrogens (primary N) is 1. The van der Waals surface area contributed by atoms with Crippen molar-refractivity contribution in [3.8, 4) is 0 Å². The number of aromatic nitrogens is 2. The molecule has 0 aliphatic carbocycles. The monoisotopic (exact) mass is 276 g/mol. The normalized spacial score (nSPS) is 11.3. The van der Waals surface area contributed by atoms with E-state index >= 15 is 0 Å². The van der Waals surface area contributed by atoms with Gasteiger partial charge in [-0.3, -0.25) is 0 Å². The Kier molecular flexibility index (Phi) is 3.90. The first-order valence-electron chi connectivity index (χ1n) is 6.06. The molecule has 0 spiro atoms. The molecule has 0 amide bonds. The van der Waals surface area contributed by atoms with E-state index in [1.165, 1.54) is 11.9 Å². The topological polar surface area (TPSA) is 63.8 Å². The number of nitrogens with one attached hydrogen (secondary N) is 1. The van der Waals surface area contributed by atoms with Crippen molar-refractivity contribution in [1.82, 2.24) is 9.97 Å². The molecule has 2 aromatic rings. The van der Waals surface area contributed by atoms with Crippen molar-refractivity contribution in [2.45, 2.75) is 19.3 Å². The van der Waals surface area contributed by atoms with Gasteiger partial charge >= 0.3 is 0 Å². The minimum Gasteiger partial charge on any atom is -0.382 e. The number of hydrogen-bond donors (Lipinski definition) is 2. The summed E-state index contributed by atoms with van der Waals surface area (Å²) in [7, 11) is 0. The molecule has 19 heavy (non-hydrogen) atoms. The number of nitrogen functional groups attached to an aromatic ring is 1. The summed E-state index contributed by atoms with van der Waals surface area (Å²) in [5, 5.41) is 3.60. The van der Waals surface area contributed by atoms with Gasteiger partial charge in [-0.1, -0.05) is 55.8 Å². The summed E-state index contributed by atoms with van der Waals surface area (Å²) in [6.45, 7) is 5.02. The lowest BCUT2D eigenvalue weighted by atomic mass is 9.85. The summed E-state index contributed by atoms with van der Waals surface area (Å²) >= 11 is 6.06. The zero-order chi connectivity index (χ0) is 13.9. The Balaban J connectivity index is 2.12. The molecule has 0 aliphatic rings. The summed E-state index contributed by atoms with van der Waals surface area (Å²) in [5.74, 6) is 0.856. The fraction of sp³-hybridized carbons (Fsp3) is 0.286. The molecule has 100 valence electrons. The standard InChI is InChI=1S/C14H17ClN4/c1-14(2,10-6-4-3-5-7-10)8-17-13-11(15)12(16)18-9-19-13/h3-7,9H,8H2,1-2H3,(H3,16,17,18,19). The van der Waals surface area contributed by atoms with Gasteiger partial charge in [0.15, 0.2) is 0 Å². The molecule has 5 heteroatoms. The van der Waals surface area contributed by atoms with E-state index in [2.05, 4.69) is 41.3 Å². The number of halogens is 1. The average Bonchev–Trinajstić information content (AvgIpc) is 2.41. The summed E-state index contributed by atoms with van der Waals surface area (Å²) in [4.78, 5) is 7.94. The Morgan fingerprint density at radius 2 is 1.89 bits per heavy atom. The minimum absolute atomic E-state index is 0.0374. The zero-order valence-corrected chi connectivity index (χ0v) is 11.8. The third kappa shape index (κ3) is 3.15. The van der Waals surface area contributed by atoms with Gasteiger partial charge in [0.05, 0.1) is 0 Å². The molecule has 4 nitrogen and oxygen atoms in total. The smallest absolute Gasteiger partial charge is 0.150 e. The van der Waals surface area contributed by atoms with Crippen molar-refractivity contribution in [1.29, 1.82) is 0 Å². The molecule has 1 aromatic heterocycles. The fourth-order valence-electron chi connectivity index (χ4n) is 1.80. The van der Waals surface area contributed by atoms with Gasteiger partial charge in [-0.15, -0.1) is 0 Å². The van der Waals surface area contributed by atoms with E-state index in [0.717, 1.165) is 0 Å². The summed E-state index contributed by atoms with van der Waals surface area (Å²) in [5.41, 5.74) is 6.86. The summed E-state index contributed by atoms with van der Waals surface area (Å²) in [6, 6.07) is 10.3. The predicted octanol–water partition coefficient (Wildman–Crippen LogP) is 3.10. The number of nitrogens with zero attached hydrogens (tertiary/aromatic N) is 2. The lowest BCUT2D eigenvalue weighted by molar-refractivity contribution is 0.556. The Bertz CT molecular complexity index is 555. The number of hydrogen-bond acceptors (Lipinski definition) is 4. The second kappa shape index (κ2) is 5.45. The lowest BCUT2D eigenvalue weighted by Gasteiger charge is -2.26. The fourth-order valence-corrected chi connectivity index (χ4v) is 1.97. The van der Waals surface area contributed by atoms with E-state index in [0.29, 0.717) is 17.4 Å². The van der Waals surface area contributed by atoms with Crippen LogP contribution in [0.3, 0.4) is 0 Å². The Labute approximate surface area is 118 Å². The van der Waals surface area contributed by atoms with E-state index in [1.807, 2.05) is 18.2 Å². The van der Waals surface area contributed by atoms with E-state index < -0.39 is 0 Å². The molecule has 0 atom stereocenters. The van der Waals surface area contributed by atoms with Gasteiger partial charge < -0.3 is 11.1 Å². The van der Waals surface area contributed by atoms with Crippen LogP contribution in [-0.4, -0.2) is 16.5 Å². The Hall–Kier alpha value is -1.81. The van der Waals surface area contributed by atoms with Crippen LogP contribution < -0.4 is 11.1 Å². The third-order valence-electron chi connectivity index (χ3n) is 3.07. The maximum atomic E-state index is 6.06. The molecule has 3 N–H and O–H groups in total. The highest BCUT2D eigenvalue weighted by atomic mass is 35.5. The molecule has 0 unspecified atom stereocenters. The number of anilines is 2. The van der Waals surface area contributed by atoms with Crippen LogP contribution in [0.15, 0.2) is 36.7 Å². The molecule has 0 saturated heterocycles. The Morgan fingerprint density at radius 1 is 1.21 bits per heavy atom. The highest BCUT2D eigenvalue weighted by Crippen LogP contribution is 2.27. The van der Waals surface area contributed by atoms with E-state index in [-0.39, 0.29) is 11.2 Å². The maximum Gasteiger partial charge on any atom is 0.150 e. The molecule has 1 aromatic carbocycles. The van der Waals surface area contributed by atoms with E-state index in [1.54, 1.807) is 0 Å². The van der Waals surface area contributed by atoms with Crippen LogP contribution >= 0.6 is 11.6 Å². The SMILES string of the molecule is CC(C)(CNc1ncnc(N)c1Cl)c1ccccc1. The van der Waals surface area contributed by atoms with Crippen LogP contribution in [0.1, 0.15) is 19.4 Å². The average molecular weight is 277 g/mol. The molecular weight excluding hydrogens is 260 g/mol. The Morgan fingerprint density at radius 3 is 2.58 bits per heavy atom. The highest BCUT2D eigenvalue weighted by Gasteiger charge is 2.20. The van der Waals surface area contributed by atoms with Gasteiger partial charge in [-0.2, -0.15) is 0 Å². The largest absolute Gasteiger partial charge is 0.382 e. The first kappa shape index (κ1) is 13.6. The van der Waals surface area contributed by atoms with Gasteiger partial charge in [0.1, 0.15) is 23.0 Å². The maximum absolute atomic E-state index is 6.06. The molecule has 2 rings (SSSR count). The zero-order valence-electron chi connectivity index (χ0n) is 11.0. The molecule has 0 saturated carbocycles. The number of rotatable bonds is 4. The van der Waals surface area contributed by atoms with Crippen molar-refractivity contribution in [3.05, 3.63) is 47.2 Å². The number of benzene rings is 1.